The molecule has 1 aliphatic carbocycles. The Morgan fingerprint density at radius 2 is 1.62 bits per heavy atom. The number of para-hydroxylation sites is 2. The van der Waals surface area contributed by atoms with Gasteiger partial charge in [0.05, 0.1) is 22.1 Å². The number of rotatable bonds is 4. The summed E-state index contributed by atoms with van der Waals surface area (Å²) in [7, 11) is 0. The number of benzene rings is 2. The molecular weight excluding hydrogens is 298 g/mol. The molecule has 1 heterocycles. The molecule has 4 nitrogen and oxygen atoms in total. The number of amides is 1. The van der Waals surface area contributed by atoms with E-state index in [1.54, 1.807) is 0 Å². The number of aromatic nitrogens is 2. The first-order chi connectivity index (χ1) is 11.8. The molecule has 3 aromatic rings. The summed E-state index contributed by atoms with van der Waals surface area (Å²) in [5, 5.41) is 3.00. The Bertz CT molecular complexity index is 884. The second kappa shape index (κ2) is 6.56. The third kappa shape index (κ3) is 3.23. The Morgan fingerprint density at radius 3 is 2.38 bits per heavy atom. The van der Waals surface area contributed by atoms with Crippen molar-refractivity contribution in [3.63, 3.8) is 0 Å². The van der Waals surface area contributed by atoms with E-state index in [1.807, 2.05) is 42.5 Å². The highest BCUT2D eigenvalue weighted by Crippen LogP contribution is 2.28. The summed E-state index contributed by atoms with van der Waals surface area (Å²) in [5.74, 6) is 0.833. The Kier molecular flexibility index (Phi) is 4.11. The van der Waals surface area contributed by atoms with Gasteiger partial charge in [0.25, 0.3) is 0 Å². The number of hydrogen-bond acceptors (Lipinski definition) is 3. The molecule has 1 fully saturated rings. The van der Waals surface area contributed by atoms with Gasteiger partial charge in [0, 0.05) is 12.1 Å². The van der Waals surface area contributed by atoms with Crippen molar-refractivity contribution >= 4 is 33.7 Å². The maximum Gasteiger partial charge on any atom is 0.224 e. The Labute approximate surface area is 141 Å². The largest absolute Gasteiger partial charge is 0.326 e. The number of anilines is 1. The molecule has 2 aromatic carbocycles. The number of carbonyl (C=O) groups excluding carboxylic acids is 1. The second-order valence-electron chi connectivity index (χ2n) is 6.65. The highest BCUT2D eigenvalue weighted by Gasteiger charge is 2.16. The maximum atomic E-state index is 12.2. The van der Waals surface area contributed by atoms with E-state index in [1.165, 1.54) is 25.7 Å². The molecule has 4 heteroatoms. The van der Waals surface area contributed by atoms with Gasteiger partial charge in [-0.15, -0.1) is 0 Å². The molecule has 0 bridgehead atoms. The Morgan fingerprint density at radius 1 is 0.958 bits per heavy atom. The van der Waals surface area contributed by atoms with Crippen molar-refractivity contribution in [1.29, 1.82) is 0 Å². The lowest BCUT2D eigenvalue weighted by Crippen LogP contribution is -2.12. The van der Waals surface area contributed by atoms with Gasteiger partial charge in [-0.3, -0.25) is 4.79 Å². The van der Waals surface area contributed by atoms with Gasteiger partial charge in [0.15, 0.2) is 0 Å². The summed E-state index contributed by atoms with van der Waals surface area (Å²) in [6.45, 7) is 0. The lowest BCUT2D eigenvalue weighted by Gasteiger charge is -2.09. The minimum atomic E-state index is 0.0926. The summed E-state index contributed by atoms with van der Waals surface area (Å²) in [4.78, 5) is 21.4. The number of nitrogens with zero attached hydrogens (tertiary/aromatic N) is 2. The van der Waals surface area contributed by atoms with E-state index in [-0.39, 0.29) is 5.91 Å². The van der Waals surface area contributed by atoms with Gasteiger partial charge in [-0.2, -0.15) is 0 Å². The van der Waals surface area contributed by atoms with Crippen molar-refractivity contribution in [2.45, 2.75) is 38.5 Å². The number of carbonyl (C=O) groups is 1. The molecule has 24 heavy (non-hydrogen) atoms. The lowest BCUT2D eigenvalue weighted by atomic mass is 10.0. The predicted molar refractivity (Wildman–Crippen MR) is 96.9 cm³/mol. The summed E-state index contributed by atoms with van der Waals surface area (Å²) in [6.07, 6.45) is 6.82. The average molecular weight is 319 g/mol. The zero-order chi connectivity index (χ0) is 16.4. The summed E-state index contributed by atoms with van der Waals surface area (Å²) in [5.41, 5.74) is 4.21. The van der Waals surface area contributed by atoms with Crippen LogP contribution in [0, 0.1) is 5.92 Å². The standard InChI is InChI=1S/C20H21N3O/c24-20(12-9-14-5-1-2-6-14)21-15-10-11-18-19(13-15)23-17-8-4-3-7-16(17)22-18/h3-4,7-8,10-11,13-14H,1-2,5-6,9,12H2,(H,21,24). The average Bonchev–Trinajstić information content (AvgIpc) is 3.12. The highest BCUT2D eigenvalue weighted by atomic mass is 16.1. The molecule has 1 saturated carbocycles. The van der Waals surface area contributed by atoms with Crippen LogP contribution in [0.2, 0.25) is 0 Å². The second-order valence-corrected chi connectivity index (χ2v) is 6.65. The van der Waals surface area contributed by atoms with Crippen LogP contribution in [-0.2, 0) is 4.79 Å². The van der Waals surface area contributed by atoms with Crippen LogP contribution in [-0.4, -0.2) is 15.9 Å². The first kappa shape index (κ1) is 15.1. The molecule has 0 saturated heterocycles. The van der Waals surface area contributed by atoms with E-state index in [2.05, 4.69) is 15.3 Å². The zero-order valence-electron chi connectivity index (χ0n) is 13.7. The van der Waals surface area contributed by atoms with Crippen molar-refractivity contribution in [2.24, 2.45) is 5.92 Å². The van der Waals surface area contributed by atoms with Crippen molar-refractivity contribution < 1.29 is 4.79 Å². The van der Waals surface area contributed by atoms with Crippen LogP contribution in [0.5, 0.6) is 0 Å². The lowest BCUT2D eigenvalue weighted by molar-refractivity contribution is -0.116. The van der Waals surface area contributed by atoms with Gasteiger partial charge in [0.2, 0.25) is 5.91 Å². The quantitative estimate of drug-likeness (QED) is 0.710. The number of fused-ring (bicyclic) bond motifs is 2. The van der Waals surface area contributed by atoms with Crippen LogP contribution in [0.1, 0.15) is 38.5 Å². The van der Waals surface area contributed by atoms with Crippen molar-refractivity contribution in [3.05, 3.63) is 42.5 Å². The van der Waals surface area contributed by atoms with Crippen molar-refractivity contribution in [1.82, 2.24) is 9.97 Å². The van der Waals surface area contributed by atoms with Gasteiger partial charge in [0.1, 0.15) is 0 Å². The fourth-order valence-corrected chi connectivity index (χ4v) is 3.56. The third-order valence-corrected chi connectivity index (χ3v) is 4.88. The van der Waals surface area contributed by atoms with E-state index < -0.39 is 0 Å². The molecule has 0 spiro atoms. The fourth-order valence-electron chi connectivity index (χ4n) is 3.56. The number of nitrogens with one attached hydrogen (secondary N) is 1. The first-order valence-corrected chi connectivity index (χ1v) is 8.74. The van der Waals surface area contributed by atoms with Gasteiger partial charge in [-0.1, -0.05) is 37.8 Å². The third-order valence-electron chi connectivity index (χ3n) is 4.88. The van der Waals surface area contributed by atoms with E-state index in [0.29, 0.717) is 6.42 Å². The predicted octanol–water partition coefficient (Wildman–Crippen LogP) is 4.69. The summed E-state index contributed by atoms with van der Waals surface area (Å²) < 4.78 is 0. The fraction of sp³-hybridized carbons (Fsp3) is 0.350. The first-order valence-electron chi connectivity index (χ1n) is 8.74. The van der Waals surface area contributed by atoms with Crippen LogP contribution in [0.25, 0.3) is 22.1 Å². The van der Waals surface area contributed by atoms with Gasteiger partial charge >= 0.3 is 0 Å². The zero-order valence-corrected chi connectivity index (χ0v) is 13.7. The molecule has 0 radical (unpaired) electrons. The summed E-state index contributed by atoms with van der Waals surface area (Å²) >= 11 is 0. The molecule has 0 atom stereocenters. The smallest absolute Gasteiger partial charge is 0.224 e. The molecule has 4 rings (SSSR count). The van der Waals surface area contributed by atoms with Crippen LogP contribution >= 0.6 is 0 Å². The minimum absolute atomic E-state index is 0.0926. The molecule has 1 amide bonds. The molecule has 1 aliphatic rings. The topological polar surface area (TPSA) is 54.9 Å². The van der Waals surface area contributed by atoms with Gasteiger partial charge < -0.3 is 5.32 Å². The van der Waals surface area contributed by atoms with E-state index in [0.717, 1.165) is 40.1 Å². The van der Waals surface area contributed by atoms with Crippen LogP contribution in [0.15, 0.2) is 42.5 Å². The van der Waals surface area contributed by atoms with Crippen LogP contribution in [0.3, 0.4) is 0 Å². The SMILES string of the molecule is O=C(CCC1CCCC1)Nc1ccc2nc3ccccc3nc2c1. The van der Waals surface area contributed by atoms with E-state index >= 15 is 0 Å². The Hall–Kier alpha value is -2.49. The van der Waals surface area contributed by atoms with E-state index in [9.17, 15) is 4.79 Å². The Balaban J connectivity index is 1.49. The van der Waals surface area contributed by atoms with E-state index in [4.69, 9.17) is 0 Å². The molecule has 1 N–H and O–H groups in total. The van der Waals surface area contributed by atoms with Crippen molar-refractivity contribution in [2.75, 3.05) is 5.32 Å². The molecule has 122 valence electrons. The van der Waals surface area contributed by atoms with Gasteiger partial charge in [-0.05, 0) is 42.7 Å². The van der Waals surface area contributed by atoms with Crippen LogP contribution in [0.4, 0.5) is 5.69 Å². The molecule has 1 aromatic heterocycles. The monoisotopic (exact) mass is 319 g/mol. The maximum absolute atomic E-state index is 12.2. The normalized spacial score (nSPS) is 15.2. The molecule has 0 aliphatic heterocycles. The number of hydrogen-bond donors (Lipinski definition) is 1. The summed E-state index contributed by atoms with van der Waals surface area (Å²) in [6, 6.07) is 13.6. The molecule has 0 unspecified atom stereocenters. The van der Waals surface area contributed by atoms with Gasteiger partial charge in [-0.25, -0.2) is 9.97 Å². The molecular formula is C20H21N3O. The van der Waals surface area contributed by atoms with Crippen LogP contribution < -0.4 is 5.32 Å². The highest BCUT2D eigenvalue weighted by molar-refractivity contribution is 5.94. The minimum Gasteiger partial charge on any atom is -0.326 e. The van der Waals surface area contributed by atoms with Crippen molar-refractivity contribution in [3.8, 4) is 0 Å².